The van der Waals surface area contributed by atoms with Crippen molar-refractivity contribution in [2.75, 3.05) is 6.54 Å². The van der Waals surface area contributed by atoms with E-state index in [1.807, 2.05) is 23.1 Å². The van der Waals surface area contributed by atoms with Crippen LogP contribution in [0, 0.1) is 5.82 Å². The van der Waals surface area contributed by atoms with Gasteiger partial charge in [-0.25, -0.2) is 4.39 Å². The summed E-state index contributed by atoms with van der Waals surface area (Å²) in [4.78, 5) is 17.4. The zero-order valence-electron chi connectivity index (χ0n) is 12.7. The van der Waals surface area contributed by atoms with E-state index < -0.39 is 0 Å². The highest BCUT2D eigenvalue weighted by Crippen LogP contribution is 2.23. The number of hydrogen-bond acceptors (Lipinski definition) is 1. The normalized spacial score (nSPS) is 14.0. The van der Waals surface area contributed by atoms with Gasteiger partial charge in [0, 0.05) is 24.7 Å². The number of benzene rings is 2. The molecule has 0 saturated carbocycles. The fraction of sp³-hybridized carbons (Fsp3) is 0.211. The van der Waals surface area contributed by atoms with Crippen molar-refractivity contribution < 1.29 is 9.18 Å². The molecule has 2 heterocycles. The van der Waals surface area contributed by atoms with Crippen molar-refractivity contribution in [3.63, 3.8) is 0 Å². The molecule has 0 spiro atoms. The number of carbonyl (C=O) groups excluding carboxylic acids is 1. The molecule has 1 aliphatic rings. The molecular weight excluding hydrogens is 291 g/mol. The molecule has 0 unspecified atom stereocenters. The molecule has 4 heteroatoms. The summed E-state index contributed by atoms with van der Waals surface area (Å²) >= 11 is 0. The van der Waals surface area contributed by atoms with Gasteiger partial charge in [0.25, 0.3) is 0 Å². The highest BCUT2D eigenvalue weighted by Gasteiger charge is 2.21. The van der Waals surface area contributed by atoms with E-state index in [2.05, 4.69) is 17.1 Å². The Morgan fingerprint density at radius 2 is 1.96 bits per heavy atom. The number of rotatable bonds is 2. The first-order valence-electron chi connectivity index (χ1n) is 7.81. The molecule has 3 nitrogen and oxygen atoms in total. The number of fused-ring (bicyclic) bond motifs is 2. The molecule has 116 valence electrons. The van der Waals surface area contributed by atoms with E-state index in [4.69, 9.17) is 0 Å². The van der Waals surface area contributed by atoms with Crippen LogP contribution in [0.4, 0.5) is 4.39 Å². The molecule has 0 radical (unpaired) electrons. The highest BCUT2D eigenvalue weighted by molar-refractivity contribution is 5.89. The van der Waals surface area contributed by atoms with Gasteiger partial charge < -0.3 is 9.88 Å². The van der Waals surface area contributed by atoms with Gasteiger partial charge in [-0.1, -0.05) is 36.4 Å². The largest absolute Gasteiger partial charge is 0.359 e. The van der Waals surface area contributed by atoms with E-state index in [1.54, 1.807) is 12.3 Å². The minimum atomic E-state index is -0.284. The minimum absolute atomic E-state index is 0.0877. The molecule has 0 fully saturated rings. The van der Waals surface area contributed by atoms with Crippen LogP contribution in [0.1, 0.15) is 16.7 Å². The predicted molar refractivity (Wildman–Crippen MR) is 87.5 cm³/mol. The third kappa shape index (κ3) is 2.50. The van der Waals surface area contributed by atoms with Crippen LogP contribution < -0.4 is 0 Å². The Labute approximate surface area is 133 Å². The first-order valence-corrected chi connectivity index (χ1v) is 7.81. The Balaban J connectivity index is 1.55. The van der Waals surface area contributed by atoms with E-state index >= 15 is 0 Å². The number of hydrogen-bond donors (Lipinski definition) is 1. The zero-order chi connectivity index (χ0) is 15.8. The quantitative estimate of drug-likeness (QED) is 0.773. The van der Waals surface area contributed by atoms with E-state index in [0.717, 1.165) is 23.9 Å². The van der Waals surface area contributed by atoms with Gasteiger partial charge in [-0.2, -0.15) is 0 Å². The van der Waals surface area contributed by atoms with Gasteiger partial charge >= 0.3 is 0 Å². The third-order valence-corrected chi connectivity index (χ3v) is 4.58. The summed E-state index contributed by atoms with van der Waals surface area (Å²) in [6.07, 6.45) is 2.93. The number of H-pyrrole nitrogens is 1. The highest BCUT2D eigenvalue weighted by atomic mass is 19.1. The summed E-state index contributed by atoms with van der Waals surface area (Å²) in [6.45, 7) is 1.40. The lowest BCUT2D eigenvalue weighted by atomic mass is 9.99. The molecule has 3 aromatic rings. The Morgan fingerprint density at radius 1 is 1.13 bits per heavy atom. The number of nitrogens with zero attached hydrogens (tertiary/aromatic N) is 1. The Kier molecular flexibility index (Phi) is 3.37. The molecule has 0 bridgehead atoms. The SMILES string of the molecule is O=C(Cc1c[nH]c2c(F)cccc12)N1CCc2ccccc2C1. The lowest BCUT2D eigenvalue weighted by Crippen LogP contribution is -2.36. The molecule has 1 amide bonds. The van der Waals surface area contributed by atoms with Crippen LogP contribution in [-0.4, -0.2) is 22.3 Å². The summed E-state index contributed by atoms with van der Waals surface area (Å²) in [5.74, 6) is -0.197. The van der Waals surface area contributed by atoms with Crippen LogP contribution in [0.5, 0.6) is 0 Å². The van der Waals surface area contributed by atoms with Crippen molar-refractivity contribution in [1.29, 1.82) is 0 Å². The number of aromatic nitrogens is 1. The van der Waals surface area contributed by atoms with Crippen LogP contribution >= 0.6 is 0 Å². The van der Waals surface area contributed by atoms with Crippen LogP contribution in [0.3, 0.4) is 0 Å². The van der Waals surface area contributed by atoms with E-state index in [-0.39, 0.29) is 11.7 Å². The minimum Gasteiger partial charge on any atom is -0.359 e. The maximum absolute atomic E-state index is 13.7. The molecule has 1 N–H and O–H groups in total. The topological polar surface area (TPSA) is 36.1 Å². The van der Waals surface area contributed by atoms with Crippen molar-refractivity contribution in [1.82, 2.24) is 9.88 Å². The number of nitrogens with one attached hydrogen (secondary N) is 1. The lowest BCUT2D eigenvalue weighted by Gasteiger charge is -2.29. The lowest BCUT2D eigenvalue weighted by molar-refractivity contribution is -0.131. The predicted octanol–water partition coefficient (Wildman–Crippen LogP) is 3.43. The van der Waals surface area contributed by atoms with Gasteiger partial charge in [-0.05, 0) is 29.2 Å². The van der Waals surface area contributed by atoms with Gasteiger partial charge in [0.15, 0.2) is 0 Å². The van der Waals surface area contributed by atoms with Gasteiger partial charge in [-0.15, -0.1) is 0 Å². The molecule has 1 aliphatic heterocycles. The number of amides is 1. The van der Waals surface area contributed by atoms with E-state index in [0.29, 0.717) is 18.5 Å². The Bertz CT molecular complexity index is 884. The summed E-state index contributed by atoms with van der Waals surface area (Å²) in [6, 6.07) is 13.2. The van der Waals surface area contributed by atoms with Crippen molar-refractivity contribution in [3.05, 3.63) is 71.2 Å². The van der Waals surface area contributed by atoms with Gasteiger partial charge in [0.1, 0.15) is 5.82 Å². The number of para-hydroxylation sites is 1. The van der Waals surface area contributed by atoms with E-state index in [9.17, 15) is 9.18 Å². The second kappa shape index (κ2) is 5.54. The molecule has 23 heavy (non-hydrogen) atoms. The third-order valence-electron chi connectivity index (χ3n) is 4.58. The summed E-state index contributed by atoms with van der Waals surface area (Å²) in [5, 5.41) is 0.788. The zero-order valence-corrected chi connectivity index (χ0v) is 12.7. The molecule has 2 aromatic carbocycles. The van der Waals surface area contributed by atoms with Crippen molar-refractivity contribution in [2.45, 2.75) is 19.4 Å². The second-order valence-corrected chi connectivity index (χ2v) is 5.99. The smallest absolute Gasteiger partial charge is 0.227 e. The summed E-state index contributed by atoms with van der Waals surface area (Å²) in [7, 11) is 0. The molecule has 0 aliphatic carbocycles. The molecule has 0 saturated heterocycles. The fourth-order valence-corrected chi connectivity index (χ4v) is 3.31. The Morgan fingerprint density at radius 3 is 2.83 bits per heavy atom. The summed E-state index contributed by atoms with van der Waals surface area (Å²) in [5.41, 5.74) is 3.87. The van der Waals surface area contributed by atoms with Gasteiger partial charge in [0.2, 0.25) is 5.91 Å². The van der Waals surface area contributed by atoms with Crippen molar-refractivity contribution >= 4 is 16.8 Å². The molecule has 0 atom stereocenters. The van der Waals surface area contributed by atoms with Crippen LogP contribution in [0.25, 0.3) is 10.9 Å². The van der Waals surface area contributed by atoms with E-state index in [1.165, 1.54) is 17.2 Å². The standard InChI is InChI=1S/C19H17FN2O/c20-17-7-3-6-16-15(11-21-19(16)17)10-18(23)22-9-8-13-4-1-2-5-14(13)12-22/h1-7,11,21H,8-10,12H2. The molecular formula is C19H17FN2O. The van der Waals surface area contributed by atoms with Crippen LogP contribution in [-0.2, 0) is 24.2 Å². The first kappa shape index (κ1) is 14.0. The number of halogens is 1. The fourth-order valence-electron chi connectivity index (χ4n) is 3.31. The molecule has 4 rings (SSSR count). The maximum Gasteiger partial charge on any atom is 0.227 e. The first-order chi connectivity index (χ1) is 11.2. The number of aromatic amines is 1. The van der Waals surface area contributed by atoms with Gasteiger partial charge in [0.05, 0.1) is 11.9 Å². The Hall–Kier alpha value is -2.62. The maximum atomic E-state index is 13.7. The average molecular weight is 308 g/mol. The molecule has 1 aromatic heterocycles. The summed E-state index contributed by atoms with van der Waals surface area (Å²) < 4.78 is 13.7. The van der Waals surface area contributed by atoms with Gasteiger partial charge in [-0.3, -0.25) is 4.79 Å². The van der Waals surface area contributed by atoms with Crippen molar-refractivity contribution in [3.8, 4) is 0 Å². The van der Waals surface area contributed by atoms with Crippen LogP contribution in [0.2, 0.25) is 0 Å². The number of carbonyl (C=O) groups is 1. The monoisotopic (exact) mass is 308 g/mol. The second-order valence-electron chi connectivity index (χ2n) is 5.99. The van der Waals surface area contributed by atoms with Crippen LogP contribution in [0.15, 0.2) is 48.7 Å². The van der Waals surface area contributed by atoms with Crippen molar-refractivity contribution in [2.24, 2.45) is 0 Å². The average Bonchev–Trinajstić information content (AvgIpc) is 2.99.